The molecule has 1 aliphatic rings. The largest absolute Gasteiger partial charge is 0.365 e. The Morgan fingerprint density at radius 3 is 2.79 bits per heavy atom. The van der Waals surface area contributed by atoms with Crippen LogP contribution in [-0.2, 0) is 0 Å². The number of rotatable bonds is 2. The van der Waals surface area contributed by atoms with Crippen molar-refractivity contribution < 1.29 is 4.79 Å². The number of carbonyl (C=O) groups is 1. The smallest absolute Gasteiger partial charge is 0.252 e. The Morgan fingerprint density at radius 2 is 2.14 bits per heavy atom. The van der Waals surface area contributed by atoms with Crippen molar-refractivity contribution in [2.24, 2.45) is 5.73 Å². The summed E-state index contributed by atoms with van der Waals surface area (Å²) < 4.78 is 0. The molecule has 2 heterocycles. The molecular weight excluding hydrogens is 180 g/mol. The van der Waals surface area contributed by atoms with Crippen molar-refractivity contribution in [1.29, 1.82) is 0 Å². The lowest BCUT2D eigenvalue weighted by atomic mass is 10.2. The standard InChI is InChI=1S/C9H12N4O/c10-8(14)7-3-4-11-12-9(7)13-5-1-2-6-13/h3-4H,1-2,5-6H2,(H2,10,14). The van der Waals surface area contributed by atoms with Crippen LogP contribution in [0, 0.1) is 0 Å². The van der Waals surface area contributed by atoms with Gasteiger partial charge in [-0.3, -0.25) is 4.79 Å². The highest BCUT2D eigenvalue weighted by Gasteiger charge is 2.19. The van der Waals surface area contributed by atoms with Crippen LogP contribution >= 0.6 is 0 Å². The van der Waals surface area contributed by atoms with E-state index in [1.807, 2.05) is 4.90 Å². The Kier molecular flexibility index (Phi) is 2.30. The van der Waals surface area contributed by atoms with Crippen LogP contribution in [0.2, 0.25) is 0 Å². The molecule has 14 heavy (non-hydrogen) atoms. The number of carbonyl (C=O) groups excluding carboxylic acids is 1. The third-order valence-electron chi connectivity index (χ3n) is 2.37. The zero-order valence-electron chi connectivity index (χ0n) is 7.81. The van der Waals surface area contributed by atoms with E-state index in [-0.39, 0.29) is 0 Å². The molecular formula is C9H12N4O. The van der Waals surface area contributed by atoms with Gasteiger partial charge in [-0.05, 0) is 18.9 Å². The first-order valence-corrected chi connectivity index (χ1v) is 4.65. The Balaban J connectivity index is 2.35. The lowest BCUT2D eigenvalue weighted by Gasteiger charge is -2.17. The summed E-state index contributed by atoms with van der Waals surface area (Å²) in [7, 11) is 0. The van der Waals surface area contributed by atoms with Gasteiger partial charge in [-0.2, -0.15) is 5.10 Å². The van der Waals surface area contributed by atoms with Gasteiger partial charge in [-0.1, -0.05) is 0 Å². The lowest BCUT2D eigenvalue weighted by Crippen LogP contribution is -2.24. The third kappa shape index (κ3) is 1.53. The quantitative estimate of drug-likeness (QED) is 0.725. The summed E-state index contributed by atoms with van der Waals surface area (Å²) in [6.07, 6.45) is 3.75. The molecule has 1 aromatic heterocycles. The van der Waals surface area contributed by atoms with E-state index in [1.54, 1.807) is 6.07 Å². The summed E-state index contributed by atoms with van der Waals surface area (Å²) in [5.74, 6) is 0.180. The number of nitrogens with two attached hydrogens (primary N) is 1. The summed E-state index contributed by atoms with van der Waals surface area (Å²) >= 11 is 0. The van der Waals surface area contributed by atoms with E-state index < -0.39 is 5.91 Å². The van der Waals surface area contributed by atoms with Crippen LogP contribution in [0.1, 0.15) is 23.2 Å². The van der Waals surface area contributed by atoms with Gasteiger partial charge in [-0.15, -0.1) is 5.10 Å². The Morgan fingerprint density at radius 1 is 1.43 bits per heavy atom. The summed E-state index contributed by atoms with van der Waals surface area (Å²) in [6.45, 7) is 1.86. The van der Waals surface area contributed by atoms with E-state index in [0.29, 0.717) is 11.4 Å². The molecule has 2 N–H and O–H groups in total. The summed E-state index contributed by atoms with van der Waals surface area (Å²) in [5.41, 5.74) is 5.71. The first-order valence-electron chi connectivity index (χ1n) is 4.65. The zero-order valence-corrected chi connectivity index (χ0v) is 7.81. The molecule has 0 radical (unpaired) electrons. The van der Waals surface area contributed by atoms with E-state index in [2.05, 4.69) is 10.2 Å². The van der Waals surface area contributed by atoms with Gasteiger partial charge in [0.15, 0.2) is 5.82 Å². The first kappa shape index (κ1) is 8.93. The van der Waals surface area contributed by atoms with Crippen LogP contribution in [-0.4, -0.2) is 29.2 Å². The van der Waals surface area contributed by atoms with Gasteiger partial charge in [0.25, 0.3) is 5.91 Å². The minimum absolute atomic E-state index is 0.443. The summed E-state index contributed by atoms with van der Waals surface area (Å²) in [6, 6.07) is 1.61. The van der Waals surface area contributed by atoms with Crippen molar-refractivity contribution in [2.45, 2.75) is 12.8 Å². The van der Waals surface area contributed by atoms with E-state index >= 15 is 0 Å². The molecule has 5 heteroatoms. The minimum atomic E-state index is -0.443. The molecule has 0 unspecified atom stereocenters. The second kappa shape index (κ2) is 3.61. The van der Waals surface area contributed by atoms with Gasteiger partial charge in [-0.25, -0.2) is 0 Å². The number of amides is 1. The second-order valence-electron chi connectivity index (χ2n) is 3.33. The van der Waals surface area contributed by atoms with Gasteiger partial charge in [0.05, 0.1) is 11.8 Å². The normalized spacial score (nSPS) is 15.9. The van der Waals surface area contributed by atoms with Crippen LogP contribution in [0.3, 0.4) is 0 Å². The SMILES string of the molecule is NC(=O)c1ccnnc1N1CCCC1. The molecule has 1 amide bonds. The number of anilines is 1. The van der Waals surface area contributed by atoms with Crippen molar-refractivity contribution in [3.05, 3.63) is 17.8 Å². The maximum atomic E-state index is 11.1. The van der Waals surface area contributed by atoms with Crippen LogP contribution in [0.15, 0.2) is 12.3 Å². The number of hydrogen-bond donors (Lipinski definition) is 1. The maximum absolute atomic E-state index is 11.1. The highest BCUT2D eigenvalue weighted by Crippen LogP contribution is 2.20. The first-order chi connectivity index (χ1) is 6.79. The van der Waals surface area contributed by atoms with Crippen LogP contribution in [0.4, 0.5) is 5.82 Å². The molecule has 0 bridgehead atoms. The fourth-order valence-electron chi connectivity index (χ4n) is 1.68. The second-order valence-corrected chi connectivity index (χ2v) is 3.33. The third-order valence-corrected chi connectivity index (χ3v) is 2.37. The van der Waals surface area contributed by atoms with E-state index in [0.717, 1.165) is 25.9 Å². The molecule has 0 spiro atoms. The van der Waals surface area contributed by atoms with Crippen molar-refractivity contribution in [3.63, 3.8) is 0 Å². The fraction of sp³-hybridized carbons (Fsp3) is 0.444. The number of hydrogen-bond acceptors (Lipinski definition) is 4. The molecule has 0 saturated carbocycles. The molecule has 5 nitrogen and oxygen atoms in total. The van der Waals surface area contributed by atoms with E-state index in [1.165, 1.54) is 6.20 Å². The van der Waals surface area contributed by atoms with Gasteiger partial charge < -0.3 is 10.6 Å². The average molecular weight is 192 g/mol. The highest BCUT2D eigenvalue weighted by atomic mass is 16.1. The minimum Gasteiger partial charge on any atom is -0.365 e. The predicted octanol–water partition coefficient (Wildman–Crippen LogP) is 0.176. The van der Waals surface area contributed by atoms with E-state index in [4.69, 9.17) is 5.73 Å². The molecule has 74 valence electrons. The summed E-state index contributed by atoms with van der Waals surface area (Å²) in [5, 5.41) is 7.73. The van der Waals surface area contributed by atoms with Gasteiger partial charge >= 0.3 is 0 Å². The molecule has 1 fully saturated rings. The number of aromatic nitrogens is 2. The van der Waals surface area contributed by atoms with Crippen molar-refractivity contribution >= 4 is 11.7 Å². The summed E-state index contributed by atoms with van der Waals surface area (Å²) in [4.78, 5) is 13.2. The molecule has 1 saturated heterocycles. The zero-order chi connectivity index (χ0) is 9.97. The average Bonchev–Trinajstić information content (AvgIpc) is 2.70. The van der Waals surface area contributed by atoms with Gasteiger partial charge in [0.1, 0.15) is 0 Å². The van der Waals surface area contributed by atoms with Gasteiger partial charge in [0.2, 0.25) is 0 Å². The van der Waals surface area contributed by atoms with Crippen LogP contribution in [0.25, 0.3) is 0 Å². The monoisotopic (exact) mass is 192 g/mol. The van der Waals surface area contributed by atoms with E-state index in [9.17, 15) is 4.79 Å². The molecule has 0 aromatic carbocycles. The molecule has 0 aliphatic carbocycles. The van der Waals surface area contributed by atoms with Crippen LogP contribution in [0.5, 0.6) is 0 Å². The van der Waals surface area contributed by atoms with Crippen molar-refractivity contribution in [3.8, 4) is 0 Å². The Bertz CT molecular complexity index is 346. The fourth-order valence-corrected chi connectivity index (χ4v) is 1.68. The van der Waals surface area contributed by atoms with Crippen molar-refractivity contribution in [1.82, 2.24) is 10.2 Å². The number of nitrogens with zero attached hydrogens (tertiary/aromatic N) is 3. The highest BCUT2D eigenvalue weighted by molar-refractivity contribution is 5.97. The molecule has 1 aliphatic heterocycles. The Labute approximate surface area is 81.9 Å². The van der Waals surface area contributed by atoms with Crippen LogP contribution < -0.4 is 10.6 Å². The topological polar surface area (TPSA) is 72.1 Å². The maximum Gasteiger partial charge on any atom is 0.252 e. The Hall–Kier alpha value is -1.65. The van der Waals surface area contributed by atoms with Crippen molar-refractivity contribution in [2.75, 3.05) is 18.0 Å². The lowest BCUT2D eigenvalue weighted by molar-refractivity contribution is 0.100. The molecule has 1 aromatic rings. The molecule has 0 atom stereocenters. The predicted molar refractivity (Wildman–Crippen MR) is 52.0 cm³/mol. The number of primary amides is 1. The molecule has 2 rings (SSSR count). The van der Waals surface area contributed by atoms with Gasteiger partial charge in [0, 0.05) is 13.1 Å².